The first-order valence-corrected chi connectivity index (χ1v) is 24.7. The highest BCUT2D eigenvalue weighted by atomic mass is 35.5. The van der Waals surface area contributed by atoms with Gasteiger partial charge in [0.2, 0.25) is 0 Å². The molecule has 0 saturated carbocycles. The van der Waals surface area contributed by atoms with Crippen LogP contribution in [0, 0.1) is 50.1 Å². The van der Waals surface area contributed by atoms with E-state index in [4.69, 9.17) is 119 Å². The fourth-order valence-corrected chi connectivity index (χ4v) is 11.9. The first-order chi connectivity index (χ1) is 30.3. The quantitative estimate of drug-likeness (QED) is 0.0639. The highest BCUT2D eigenvalue weighted by Crippen LogP contribution is 2.34. The average molecular weight is 1140 g/mol. The molecule has 0 spiro atoms. The van der Waals surface area contributed by atoms with E-state index in [9.17, 15) is 30.3 Å². The van der Waals surface area contributed by atoms with Gasteiger partial charge in [-0.15, -0.1) is 56.7 Å². The fraction of sp³-hybridized carbons (Fsp3) is 0. The maximum atomic E-state index is 10.6. The Morgan fingerprint density at radius 2 is 0.891 bits per heavy atom. The summed E-state index contributed by atoms with van der Waals surface area (Å²) in [5.41, 5.74) is 4.05. The lowest BCUT2D eigenvalue weighted by Gasteiger charge is -1.94. The van der Waals surface area contributed by atoms with E-state index in [0.29, 0.717) is 39.9 Å². The number of halogens is 5. The van der Waals surface area contributed by atoms with E-state index >= 15 is 0 Å². The molecule has 5 N–H and O–H groups in total. The van der Waals surface area contributed by atoms with Gasteiger partial charge < -0.3 is 24.9 Å². The van der Waals surface area contributed by atoms with Gasteiger partial charge in [-0.05, 0) is 104 Å². The maximum Gasteiger partial charge on any atom is 0.289 e. The van der Waals surface area contributed by atoms with Crippen molar-refractivity contribution in [1.82, 2.24) is 24.9 Å². The van der Waals surface area contributed by atoms with Gasteiger partial charge in [0, 0.05) is 30.3 Å². The van der Waals surface area contributed by atoms with Crippen molar-refractivity contribution >= 4 is 244 Å². The van der Waals surface area contributed by atoms with Crippen LogP contribution in [0.5, 0.6) is 0 Å². The molecule has 14 nitrogen and oxygen atoms in total. The summed E-state index contributed by atoms with van der Waals surface area (Å²) in [6.45, 7) is 0. The Hall–Kier alpha value is -3.70. The van der Waals surface area contributed by atoms with Crippen LogP contribution in [0.3, 0.4) is 0 Å². The van der Waals surface area contributed by atoms with Gasteiger partial charge in [0.15, 0.2) is 19.8 Å². The molecule has 328 valence electrons. The SMILES string of the molecule is O=[N+]([O-])c1cc2sc(=S)[nH]c2cc1Cl.O=[N+]([O-])c1ccc2[nH]c(=S)sc2c1.O=[N+]([O-])c1ccc2sc(=S)[nH]c2c1.S=c1[nH]c2c(Cl)c(Cl)ccc2s1.S=c1[nH]c2c(Cl)ccc(Cl)c2s1. The number of benzene rings is 5. The summed E-state index contributed by atoms with van der Waals surface area (Å²) in [5, 5.41) is 34.0. The van der Waals surface area contributed by atoms with Crippen molar-refractivity contribution in [1.29, 1.82) is 0 Å². The second kappa shape index (κ2) is 21.7. The molecular weight excluding hydrogens is 1130 g/mol. The molecule has 0 atom stereocenters. The van der Waals surface area contributed by atoms with E-state index in [1.165, 1.54) is 93.1 Å². The molecule has 10 rings (SSSR count). The Labute approximate surface area is 427 Å². The molecule has 5 heterocycles. The van der Waals surface area contributed by atoms with Crippen LogP contribution in [-0.2, 0) is 0 Å². The van der Waals surface area contributed by atoms with Gasteiger partial charge in [-0.2, -0.15) is 0 Å². The van der Waals surface area contributed by atoms with Crippen molar-refractivity contribution in [3.63, 3.8) is 0 Å². The first kappa shape index (κ1) is 49.7. The monoisotopic (exact) mass is 1140 g/mol. The Morgan fingerprint density at radius 1 is 0.422 bits per heavy atom. The first-order valence-electron chi connectivity index (χ1n) is 16.7. The number of aromatic amines is 5. The molecule has 0 fully saturated rings. The van der Waals surface area contributed by atoms with Crippen LogP contribution in [0.4, 0.5) is 17.1 Å². The molecule has 0 aliphatic rings. The van der Waals surface area contributed by atoms with Crippen molar-refractivity contribution in [2.45, 2.75) is 0 Å². The molecule has 5 aromatic heterocycles. The molecule has 5 aromatic carbocycles. The highest BCUT2D eigenvalue weighted by Gasteiger charge is 2.14. The van der Waals surface area contributed by atoms with Crippen LogP contribution < -0.4 is 0 Å². The zero-order chi connectivity index (χ0) is 46.6. The number of fused-ring (bicyclic) bond motifs is 5. The third-order valence-corrected chi connectivity index (χ3v) is 15.8. The minimum atomic E-state index is -0.509. The predicted molar refractivity (Wildman–Crippen MR) is 280 cm³/mol. The summed E-state index contributed by atoms with van der Waals surface area (Å²) in [4.78, 5) is 44.7. The molecule has 10 aromatic rings. The van der Waals surface area contributed by atoms with Crippen molar-refractivity contribution in [2.75, 3.05) is 0 Å². The van der Waals surface area contributed by atoms with Gasteiger partial charge >= 0.3 is 0 Å². The summed E-state index contributed by atoms with van der Waals surface area (Å²) in [6.07, 6.45) is 0. The summed E-state index contributed by atoms with van der Waals surface area (Å²) in [6, 6.07) is 19.4. The van der Waals surface area contributed by atoms with Gasteiger partial charge in [-0.1, -0.05) is 58.0 Å². The zero-order valence-corrected chi connectivity index (χ0v) is 42.6. The number of non-ortho nitro benzene ring substituents is 2. The standard InChI is InChI=1S/2C7H3Cl2NS2.C7H3ClN2O2S2.2C7H4N2O2S2/c8-3-1-2-4-6(5(3)9)10-7(11)12-4;8-3-1-2-4(9)6-5(3)10-7(11)12-6;8-3-1-4-6(14-7(13)9-4)2-5(3)10(11)12;10-9(11)4-1-2-6-5(3-4)8-7(12)13-6;10-9(11)4-1-2-5-6(3-4)13-7(12)8-5/h2*1-2H,(H,10,11);1-2H,(H,9,13);2*1-3H,(H,8,12). The van der Waals surface area contributed by atoms with Crippen molar-refractivity contribution < 1.29 is 14.8 Å². The Kier molecular flexibility index (Phi) is 16.9. The fourth-order valence-electron chi connectivity index (χ4n) is 5.13. The molecule has 0 unspecified atom stereocenters. The van der Waals surface area contributed by atoms with Gasteiger partial charge in [0.05, 0.1) is 85.9 Å². The number of nitrogens with zero attached hydrogens (tertiary/aromatic N) is 3. The van der Waals surface area contributed by atoms with Crippen molar-refractivity contribution in [3.8, 4) is 0 Å². The van der Waals surface area contributed by atoms with E-state index in [1.807, 2.05) is 6.07 Å². The molecule has 64 heavy (non-hydrogen) atoms. The number of hydrogen-bond donors (Lipinski definition) is 5. The lowest BCUT2D eigenvalue weighted by atomic mass is 10.3. The van der Waals surface area contributed by atoms with Gasteiger partial charge in [0.1, 0.15) is 5.02 Å². The normalized spacial score (nSPS) is 10.6. The summed E-state index contributed by atoms with van der Waals surface area (Å²) >= 11 is 61.0. The third kappa shape index (κ3) is 12.4. The number of nitro groups is 3. The predicted octanol–water partition coefficient (Wildman–Crippen LogP) is 17.8. The molecule has 0 bridgehead atoms. The smallest absolute Gasteiger partial charge is 0.289 e. The number of rotatable bonds is 3. The lowest BCUT2D eigenvalue weighted by molar-refractivity contribution is -0.384. The van der Waals surface area contributed by atoms with Gasteiger partial charge in [0.25, 0.3) is 17.1 Å². The second-order valence-electron chi connectivity index (χ2n) is 12.0. The van der Waals surface area contributed by atoms with Crippen LogP contribution in [0.2, 0.25) is 25.1 Å². The maximum absolute atomic E-state index is 10.6. The third-order valence-electron chi connectivity index (χ3n) is 7.88. The molecule has 0 amide bonds. The molecular formula is C35H17Cl5N8O6S10. The zero-order valence-electron chi connectivity index (χ0n) is 30.7. The van der Waals surface area contributed by atoms with Gasteiger partial charge in [-0.25, -0.2) is 0 Å². The van der Waals surface area contributed by atoms with Crippen LogP contribution in [-0.4, -0.2) is 39.7 Å². The topological polar surface area (TPSA) is 208 Å². The number of thiazole rings is 5. The number of aromatic nitrogens is 5. The van der Waals surface area contributed by atoms with E-state index in [-0.39, 0.29) is 22.1 Å². The van der Waals surface area contributed by atoms with Crippen LogP contribution in [0.25, 0.3) is 51.1 Å². The van der Waals surface area contributed by atoms with Gasteiger partial charge in [-0.3, -0.25) is 30.3 Å². The summed E-state index contributed by atoms with van der Waals surface area (Å²) in [5.74, 6) is 0. The molecule has 29 heteroatoms. The number of nitrogens with one attached hydrogen (secondary N) is 5. The minimum Gasteiger partial charge on any atom is -0.337 e. The van der Waals surface area contributed by atoms with Crippen LogP contribution >= 0.6 is 176 Å². The number of hydrogen-bond acceptors (Lipinski definition) is 16. The number of H-pyrrole nitrogens is 5. The molecule has 0 aliphatic carbocycles. The van der Waals surface area contributed by atoms with E-state index < -0.39 is 14.8 Å². The lowest BCUT2D eigenvalue weighted by Crippen LogP contribution is -1.88. The highest BCUT2D eigenvalue weighted by molar-refractivity contribution is 7.74. The molecule has 0 saturated heterocycles. The largest absolute Gasteiger partial charge is 0.337 e. The van der Waals surface area contributed by atoms with E-state index in [2.05, 4.69) is 24.9 Å². The molecule has 0 radical (unpaired) electrons. The Morgan fingerprint density at radius 3 is 1.52 bits per heavy atom. The Balaban J connectivity index is 0.000000133. The van der Waals surface area contributed by atoms with Crippen molar-refractivity contribution in [3.05, 3.63) is 148 Å². The minimum absolute atomic E-state index is 0.0801. The summed E-state index contributed by atoms with van der Waals surface area (Å²) < 4.78 is 7.72. The van der Waals surface area contributed by atoms with Crippen LogP contribution in [0.15, 0.2) is 72.8 Å². The molecule has 0 aliphatic heterocycles. The van der Waals surface area contributed by atoms with Crippen molar-refractivity contribution in [2.24, 2.45) is 0 Å². The summed E-state index contributed by atoms with van der Waals surface area (Å²) in [7, 11) is 0. The Bertz CT molecular complexity index is 3590. The van der Waals surface area contributed by atoms with Crippen LogP contribution in [0.1, 0.15) is 0 Å². The second-order valence-corrected chi connectivity index (χ2v) is 22.5. The van der Waals surface area contributed by atoms with E-state index in [0.717, 1.165) is 51.1 Å². The number of nitro benzene ring substituents is 3. The van der Waals surface area contributed by atoms with E-state index in [1.54, 1.807) is 30.3 Å². The average Bonchev–Trinajstić information content (AvgIpc) is 4.07.